The number of piperidine rings is 1. The number of nitrogens with zero attached hydrogens (tertiary/aromatic N) is 3. The highest BCUT2D eigenvalue weighted by Gasteiger charge is 2.21. The third-order valence-corrected chi connectivity index (χ3v) is 3.24. The van der Waals surface area contributed by atoms with E-state index in [1.807, 2.05) is 6.20 Å². The Morgan fingerprint density at radius 3 is 3.11 bits per heavy atom. The molecule has 106 valence electrons. The van der Waals surface area contributed by atoms with Crippen LogP contribution in [0, 0.1) is 0 Å². The van der Waals surface area contributed by atoms with Gasteiger partial charge in [0.25, 0.3) is 0 Å². The van der Waals surface area contributed by atoms with Crippen LogP contribution in [-0.2, 0) is 4.74 Å². The van der Waals surface area contributed by atoms with E-state index in [9.17, 15) is 0 Å². The summed E-state index contributed by atoms with van der Waals surface area (Å²) in [5.74, 6) is 1.79. The molecule has 2 rings (SSSR count). The third-order valence-electron chi connectivity index (χ3n) is 3.24. The topological polar surface area (TPSA) is 50.3 Å². The molecule has 1 aromatic heterocycles. The van der Waals surface area contributed by atoms with E-state index in [1.165, 1.54) is 0 Å². The Labute approximate surface area is 115 Å². The minimum absolute atomic E-state index is 0.332. The molecule has 1 fully saturated rings. The van der Waals surface area contributed by atoms with Crippen LogP contribution in [0.15, 0.2) is 12.4 Å². The van der Waals surface area contributed by atoms with Crippen molar-refractivity contribution in [3.8, 4) is 0 Å². The first-order chi connectivity index (χ1) is 9.33. The molecule has 1 unspecified atom stereocenters. The fourth-order valence-corrected chi connectivity index (χ4v) is 2.34. The molecule has 1 aliphatic rings. The van der Waals surface area contributed by atoms with Crippen molar-refractivity contribution in [2.45, 2.75) is 39.2 Å². The molecule has 5 nitrogen and oxygen atoms in total. The molecule has 0 amide bonds. The van der Waals surface area contributed by atoms with Gasteiger partial charge in [-0.2, -0.15) is 0 Å². The Morgan fingerprint density at radius 1 is 1.42 bits per heavy atom. The monoisotopic (exact) mass is 264 g/mol. The Hall–Kier alpha value is -1.36. The summed E-state index contributed by atoms with van der Waals surface area (Å²) in [5.41, 5.74) is 0. The fraction of sp³-hybridized carbons (Fsp3) is 0.714. The van der Waals surface area contributed by atoms with Crippen LogP contribution in [0.4, 0.5) is 11.6 Å². The summed E-state index contributed by atoms with van der Waals surface area (Å²) < 4.78 is 5.86. The third kappa shape index (κ3) is 4.06. The van der Waals surface area contributed by atoms with E-state index in [0.29, 0.717) is 6.10 Å². The van der Waals surface area contributed by atoms with Gasteiger partial charge in [0.15, 0.2) is 0 Å². The zero-order valence-electron chi connectivity index (χ0n) is 11.9. The second-order valence-electron chi connectivity index (χ2n) is 4.87. The van der Waals surface area contributed by atoms with Gasteiger partial charge in [-0.05, 0) is 26.2 Å². The average Bonchev–Trinajstić information content (AvgIpc) is 2.46. The molecule has 5 heteroatoms. The van der Waals surface area contributed by atoms with Gasteiger partial charge >= 0.3 is 0 Å². The van der Waals surface area contributed by atoms with E-state index in [-0.39, 0.29) is 0 Å². The van der Waals surface area contributed by atoms with Gasteiger partial charge in [0, 0.05) is 26.2 Å². The molecule has 2 heterocycles. The van der Waals surface area contributed by atoms with E-state index < -0.39 is 0 Å². The Balaban J connectivity index is 1.98. The summed E-state index contributed by atoms with van der Waals surface area (Å²) in [7, 11) is 0. The van der Waals surface area contributed by atoms with Crippen molar-refractivity contribution in [3.05, 3.63) is 12.4 Å². The maximum atomic E-state index is 5.86. The molecule has 0 spiro atoms. The second-order valence-corrected chi connectivity index (χ2v) is 4.87. The number of nitrogens with one attached hydrogen (secondary N) is 1. The van der Waals surface area contributed by atoms with E-state index in [4.69, 9.17) is 4.74 Å². The Morgan fingerprint density at radius 2 is 2.32 bits per heavy atom. The lowest BCUT2D eigenvalue weighted by atomic mass is 10.1. The summed E-state index contributed by atoms with van der Waals surface area (Å²) in [5, 5.41) is 3.20. The molecule has 1 N–H and O–H groups in total. The molecule has 1 aromatic rings. The predicted molar refractivity (Wildman–Crippen MR) is 77.7 cm³/mol. The number of hydrogen-bond donors (Lipinski definition) is 1. The second kappa shape index (κ2) is 7.28. The van der Waals surface area contributed by atoms with Crippen molar-refractivity contribution >= 4 is 11.6 Å². The van der Waals surface area contributed by atoms with E-state index in [1.54, 1.807) is 6.20 Å². The van der Waals surface area contributed by atoms with Crippen molar-refractivity contribution in [2.75, 3.05) is 36.5 Å². The van der Waals surface area contributed by atoms with Gasteiger partial charge in [-0.25, -0.2) is 4.98 Å². The minimum atomic E-state index is 0.332. The van der Waals surface area contributed by atoms with E-state index in [2.05, 4.69) is 34.0 Å². The molecule has 19 heavy (non-hydrogen) atoms. The molecule has 0 aliphatic carbocycles. The van der Waals surface area contributed by atoms with E-state index in [0.717, 1.165) is 57.1 Å². The van der Waals surface area contributed by atoms with Crippen LogP contribution in [-0.4, -0.2) is 42.3 Å². The van der Waals surface area contributed by atoms with Crippen LogP contribution in [0.3, 0.4) is 0 Å². The summed E-state index contributed by atoms with van der Waals surface area (Å²) in [6, 6.07) is 0. The molecule has 1 aliphatic heterocycles. The molecular weight excluding hydrogens is 240 g/mol. The van der Waals surface area contributed by atoms with Gasteiger partial charge in [0.2, 0.25) is 0 Å². The predicted octanol–water partition coefficient (Wildman–Crippen LogP) is 2.30. The summed E-state index contributed by atoms with van der Waals surface area (Å²) in [6.45, 7) is 7.87. The number of hydrogen-bond acceptors (Lipinski definition) is 5. The van der Waals surface area contributed by atoms with Crippen molar-refractivity contribution in [1.82, 2.24) is 9.97 Å². The lowest BCUT2D eigenvalue weighted by Crippen LogP contribution is -2.40. The standard InChI is InChI=1S/C14H24N4O/c1-3-8-19-12-6-5-7-18(11-12)14-10-15-9-13(17-14)16-4-2/h9-10,12H,3-8,11H2,1-2H3,(H,16,17). The number of ether oxygens (including phenoxy) is 1. The van der Waals surface area contributed by atoms with Crippen molar-refractivity contribution in [3.63, 3.8) is 0 Å². The highest BCUT2D eigenvalue weighted by Crippen LogP contribution is 2.20. The van der Waals surface area contributed by atoms with Crippen molar-refractivity contribution < 1.29 is 4.74 Å². The van der Waals surface area contributed by atoms with Gasteiger partial charge < -0.3 is 15.0 Å². The van der Waals surface area contributed by atoms with Crippen LogP contribution in [0.5, 0.6) is 0 Å². The van der Waals surface area contributed by atoms with Crippen molar-refractivity contribution in [2.24, 2.45) is 0 Å². The van der Waals surface area contributed by atoms with Crippen LogP contribution >= 0.6 is 0 Å². The van der Waals surface area contributed by atoms with Crippen LogP contribution < -0.4 is 10.2 Å². The van der Waals surface area contributed by atoms with Gasteiger partial charge in [0.1, 0.15) is 11.6 Å². The number of anilines is 2. The lowest BCUT2D eigenvalue weighted by molar-refractivity contribution is 0.0439. The fourth-order valence-electron chi connectivity index (χ4n) is 2.34. The number of aromatic nitrogens is 2. The quantitative estimate of drug-likeness (QED) is 0.854. The number of rotatable bonds is 6. The first-order valence-corrected chi connectivity index (χ1v) is 7.26. The van der Waals surface area contributed by atoms with Gasteiger partial charge in [-0.1, -0.05) is 6.92 Å². The first-order valence-electron chi connectivity index (χ1n) is 7.26. The van der Waals surface area contributed by atoms with Crippen LogP contribution in [0.2, 0.25) is 0 Å². The molecule has 1 saturated heterocycles. The summed E-state index contributed by atoms with van der Waals surface area (Å²) in [6.07, 6.45) is 7.31. The molecular formula is C14H24N4O. The van der Waals surface area contributed by atoms with Gasteiger partial charge in [-0.15, -0.1) is 0 Å². The lowest BCUT2D eigenvalue weighted by Gasteiger charge is -2.33. The summed E-state index contributed by atoms with van der Waals surface area (Å²) >= 11 is 0. The highest BCUT2D eigenvalue weighted by atomic mass is 16.5. The van der Waals surface area contributed by atoms with Gasteiger partial charge in [-0.3, -0.25) is 4.98 Å². The normalized spacial score (nSPS) is 19.5. The van der Waals surface area contributed by atoms with E-state index >= 15 is 0 Å². The summed E-state index contributed by atoms with van der Waals surface area (Å²) in [4.78, 5) is 11.1. The maximum Gasteiger partial charge on any atom is 0.149 e. The minimum Gasteiger partial charge on any atom is -0.376 e. The molecule has 0 bridgehead atoms. The molecule has 0 saturated carbocycles. The van der Waals surface area contributed by atoms with Crippen LogP contribution in [0.1, 0.15) is 33.1 Å². The molecule has 1 atom stereocenters. The molecule has 0 radical (unpaired) electrons. The smallest absolute Gasteiger partial charge is 0.149 e. The highest BCUT2D eigenvalue weighted by molar-refractivity contribution is 5.44. The zero-order chi connectivity index (χ0) is 13.5. The first kappa shape index (κ1) is 14.1. The Kier molecular flexibility index (Phi) is 5.39. The largest absolute Gasteiger partial charge is 0.376 e. The van der Waals surface area contributed by atoms with Crippen molar-refractivity contribution in [1.29, 1.82) is 0 Å². The average molecular weight is 264 g/mol. The maximum absolute atomic E-state index is 5.86. The molecule has 0 aromatic carbocycles. The zero-order valence-corrected chi connectivity index (χ0v) is 11.9. The van der Waals surface area contributed by atoms with Gasteiger partial charge in [0.05, 0.1) is 18.5 Å². The Bertz CT molecular complexity index is 385. The van der Waals surface area contributed by atoms with Crippen LogP contribution in [0.25, 0.3) is 0 Å². The SMILES string of the molecule is CCCOC1CCCN(c2cncc(NCC)n2)C1.